The van der Waals surface area contributed by atoms with Crippen molar-refractivity contribution < 1.29 is 26.4 Å². The van der Waals surface area contributed by atoms with Crippen molar-refractivity contribution >= 4 is 21.7 Å². The summed E-state index contributed by atoms with van der Waals surface area (Å²) in [5.41, 5.74) is 2.42. The number of rotatable bonds is 2. The minimum atomic E-state index is -4.33. The van der Waals surface area contributed by atoms with Crippen LogP contribution in [0.15, 0.2) is 29.3 Å². The molecule has 1 aromatic carbocycles. The van der Waals surface area contributed by atoms with Gasteiger partial charge in [-0.3, -0.25) is 0 Å². The Bertz CT molecular complexity index is 864. The summed E-state index contributed by atoms with van der Waals surface area (Å²) in [5, 5.41) is -0.129. The standard InChI is InChI=1S/C9H12O3S.C7H8ClF2N2/c1-6-4-7(2)9(8(3)5-6)13(10,11)12;1-4-2-5(7(9)10)6(8)12(11)3-4/h4-5H,1-3H3,(H,10,11,12);2-3,7H,11H2,1H3/q;+1/p-1. The van der Waals surface area contributed by atoms with Gasteiger partial charge in [0.1, 0.15) is 15.7 Å². The lowest BCUT2D eigenvalue weighted by molar-refractivity contribution is -0.637. The molecule has 138 valence electrons. The first kappa shape index (κ1) is 21.3. The van der Waals surface area contributed by atoms with Crippen LogP contribution in [0.5, 0.6) is 0 Å². The SMILES string of the molecule is Cc1cc(C(F)F)c(Cl)[n+](N)c1.Cc1cc(C)c(S(=O)(=O)[O-])c(C)c1. The number of benzene rings is 1. The second-order valence-corrected chi connectivity index (χ2v) is 7.33. The molecule has 2 rings (SSSR count). The lowest BCUT2D eigenvalue weighted by Crippen LogP contribution is -2.46. The van der Waals surface area contributed by atoms with Crippen LogP contribution in [0, 0.1) is 27.7 Å². The molecule has 0 saturated carbocycles. The third-order valence-electron chi connectivity index (χ3n) is 3.28. The van der Waals surface area contributed by atoms with Crippen molar-refractivity contribution in [1.82, 2.24) is 0 Å². The molecule has 0 radical (unpaired) electrons. The van der Waals surface area contributed by atoms with E-state index in [1.165, 1.54) is 12.3 Å². The molecule has 0 atom stereocenters. The van der Waals surface area contributed by atoms with E-state index in [1.54, 1.807) is 32.9 Å². The minimum absolute atomic E-state index is 0.0851. The van der Waals surface area contributed by atoms with E-state index in [0.29, 0.717) is 16.7 Å². The zero-order valence-corrected chi connectivity index (χ0v) is 15.8. The Morgan fingerprint density at radius 1 is 1.08 bits per heavy atom. The first-order valence-corrected chi connectivity index (χ1v) is 8.92. The molecule has 25 heavy (non-hydrogen) atoms. The number of aromatic nitrogens is 1. The fourth-order valence-electron chi connectivity index (χ4n) is 2.48. The first-order chi connectivity index (χ1) is 11.3. The van der Waals surface area contributed by atoms with Crippen LogP contribution in [0.4, 0.5) is 8.78 Å². The van der Waals surface area contributed by atoms with Gasteiger partial charge in [-0.15, -0.1) is 0 Å². The largest absolute Gasteiger partial charge is 0.744 e. The number of hydrogen-bond acceptors (Lipinski definition) is 4. The van der Waals surface area contributed by atoms with Crippen molar-refractivity contribution in [3.63, 3.8) is 0 Å². The average Bonchev–Trinajstić information content (AvgIpc) is 2.40. The fraction of sp³-hybridized carbons (Fsp3) is 0.312. The Morgan fingerprint density at radius 3 is 1.96 bits per heavy atom. The Labute approximate surface area is 150 Å². The van der Waals surface area contributed by atoms with E-state index in [-0.39, 0.29) is 15.6 Å². The smallest absolute Gasteiger partial charge is 0.312 e. The van der Waals surface area contributed by atoms with Gasteiger partial charge in [0.15, 0.2) is 0 Å². The average molecular weight is 393 g/mol. The molecule has 1 heterocycles. The summed E-state index contributed by atoms with van der Waals surface area (Å²) in [5.74, 6) is 5.31. The molecule has 2 aromatic rings. The van der Waals surface area contributed by atoms with E-state index < -0.39 is 16.5 Å². The van der Waals surface area contributed by atoms with Gasteiger partial charge in [-0.1, -0.05) is 22.4 Å². The van der Waals surface area contributed by atoms with Crippen molar-refractivity contribution in [2.75, 3.05) is 5.84 Å². The van der Waals surface area contributed by atoms with Crippen molar-refractivity contribution in [2.45, 2.75) is 39.0 Å². The molecule has 1 aromatic heterocycles. The van der Waals surface area contributed by atoms with Crippen molar-refractivity contribution in [2.24, 2.45) is 0 Å². The maximum Gasteiger partial charge on any atom is 0.312 e. The van der Waals surface area contributed by atoms with Crippen LogP contribution >= 0.6 is 11.6 Å². The third kappa shape index (κ3) is 5.62. The summed E-state index contributed by atoms with van der Waals surface area (Å²) in [7, 11) is -4.33. The number of hydrogen-bond donors (Lipinski definition) is 1. The summed E-state index contributed by atoms with van der Waals surface area (Å²) >= 11 is 5.52. The van der Waals surface area contributed by atoms with Crippen LogP contribution < -0.4 is 10.5 Å². The van der Waals surface area contributed by atoms with Crippen LogP contribution in [0.3, 0.4) is 0 Å². The monoisotopic (exact) mass is 392 g/mol. The fourth-order valence-corrected chi connectivity index (χ4v) is 3.57. The summed E-state index contributed by atoms with van der Waals surface area (Å²) in [6.07, 6.45) is -1.11. The quantitative estimate of drug-likeness (QED) is 0.368. The zero-order valence-electron chi connectivity index (χ0n) is 14.2. The lowest BCUT2D eigenvalue weighted by atomic mass is 10.1. The topological polar surface area (TPSA) is 87.1 Å². The maximum absolute atomic E-state index is 12.2. The van der Waals surface area contributed by atoms with E-state index >= 15 is 0 Å². The summed E-state index contributed by atoms with van der Waals surface area (Å²) in [6.45, 7) is 6.79. The second kappa shape index (κ2) is 8.07. The molecule has 0 amide bonds. The highest BCUT2D eigenvalue weighted by Crippen LogP contribution is 2.24. The molecule has 9 heteroatoms. The van der Waals surface area contributed by atoms with Gasteiger partial charge in [-0.2, -0.15) is 0 Å². The van der Waals surface area contributed by atoms with Gasteiger partial charge in [0.25, 0.3) is 6.43 Å². The Morgan fingerprint density at radius 2 is 1.56 bits per heavy atom. The number of pyridine rings is 1. The molecular weight excluding hydrogens is 374 g/mol. The normalized spacial score (nSPS) is 11.2. The second-order valence-electron chi connectivity index (χ2n) is 5.65. The van der Waals surface area contributed by atoms with Gasteiger partial charge >= 0.3 is 5.15 Å². The molecular formula is C16H19ClF2N2O3S. The predicted molar refractivity (Wildman–Crippen MR) is 90.1 cm³/mol. The van der Waals surface area contributed by atoms with Gasteiger partial charge in [0.05, 0.1) is 4.90 Å². The van der Waals surface area contributed by atoms with Crippen LogP contribution in [-0.4, -0.2) is 13.0 Å². The minimum Gasteiger partial charge on any atom is -0.744 e. The van der Waals surface area contributed by atoms with Crippen LogP contribution in [0.1, 0.15) is 34.2 Å². The number of nitrogens with zero attached hydrogens (tertiary/aromatic N) is 1. The number of nitrogens with two attached hydrogens (primary N) is 1. The molecule has 5 nitrogen and oxygen atoms in total. The lowest BCUT2D eigenvalue weighted by Gasteiger charge is -2.14. The van der Waals surface area contributed by atoms with E-state index in [4.69, 9.17) is 17.4 Å². The van der Waals surface area contributed by atoms with Crippen molar-refractivity contribution in [1.29, 1.82) is 0 Å². The van der Waals surface area contributed by atoms with Gasteiger partial charge in [-0.05, 0) is 56.5 Å². The molecule has 0 aliphatic heterocycles. The predicted octanol–water partition coefficient (Wildman–Crippen LogP) is 3.10. The molecule has 0 bridgehead atoms. The van der Waals surface area contributed by atoms with Gasteiger partial charge in [0, 0.05) is 5.56 Å². The number of nitrogen functional groups attached to an aromatic ring is 1. The zero-order chi connectivity index (χ0) is 19.5. The van der Waals surface area contributed by atoms with E-state index in [9.17, 15) is 21.8 Å². The van der Waals surface area contributed by atoms with E-state index in [1.807, 2.05) is 6.92 Å². The molecule has 0 unspecified atom stereocenters. The Hall–Kier alpha value is -1.77. The molecule has 0 saturated heterocycles. The summed E-state index contributed by atoms with van der Waals surface area (Å²) in [4.78, 5) is -0.0851. The van der Waals surface area contributed by atoms with Crippen LogP contribution in [-0.2, 0) is 10.1 Å². The van der Waals surface area contributed by atoms with Crippen LogP contribution in [0.25, 0.3) is 0 Å². The molecule has 0 spiro atoms. The van der Waals surface area contributed by atoms with Gasteiger partial charge in [0.2, 0.25) is 6.20 Å². The highest BCUT2D eigenvalue weighted by molar-refractivity contribution is 7.85. The van der Waals surface area contributed by atoms with Gasteiger partial charge in [-0.25, -0.2) is 23.0 Å². The highest BCUT2D eigenvalue weighted by atomic mass is 35.5. The van der Waals surface area contributed by atoms with E-state index in [2.05, 4.69) is 0 Å². The molecule has 0 fully saturated rings. The van der Waals surface area contributed by atoms with Crippen molar-refractivity contribution in [3.05, 3.63) is 57.4 Å². The summed E-state index contributed by atoms with van der Waals surface area (Å²) in [6, 6.07) is 4.70. The number of aryl methyl sites for hydroxylation is 4. The highest BCUT2D eigenvalue weighted by Gasteiger charge is 2.20. The molecule has 2 N–H and O–H groups in total. The molecule has 0 aliphatic rings. The summed E-state index contributed by atoms with van der Waals surface area (Å²) < 4.78 is 57.9. The number of halogens is 3. The van der Waals surface area contributed by atoms with Crippen LogP contribution in [0.2, 0.25) is 5.15 Å². The first-order valence-electron chi connectivity index (χ1n) is 7.13. The Kier molecular flexibility index (Phi) is 6.87. The number of alkyl halides is 2. The Balaban J connectivity index is 0.000000251. The molecule has 0 aliphatic carbocycles. The van der Waals surface area contributed by atoms with Crippen molar-refractivity contribution in [3.8, 4) is 0 Å². The van der Waals surface area contributed by atoms with E-state index in [0.717, 1.165) is 10.2 Å². The maximum atomic E-state index is 12.2. The van der Waals surface area contributed by atoms with Gasteiger partial charge < -0.3 is 4.55 Å². The third-order valence-corrected chi connectivity index (χ3v) is 4.84.